The molecule has 1 fully saturated rings. The van der Waals surface area contributed by atoms with E-state index in [9.17, 15) is 23.2 Å². The number of rotatable bonds is 5. The molecule has 0 aliphatic carbocycles. The fourth-order valence-corrected chi connectivity index (χ4v) is 2.96. The van der Waals surface area contributed by atoms with Crippen LogP contribution >= 0.6 is 23.2 Å². The van der Waals surface area contributed by atoms with Crippen molar-refractivity contribution in [1.82, 2.24) is 5.01 Å². The molecule has 0 N–H and O–H groups in total. The van der Waals surface area contributed by atoms with E-state index in [1.807, 2.05) is 0 Å². The van der Waals surface area contributed by atoms with Crippen LogP contribution in [0.5, 0.6) is 5.75 Å². The molecule has 0 amide bonds. The molecule has 1 unspecified atom stereocenters. The lowest BCUT2D eigenvalue weighted by Crippen LogP contribution is -2.42. The van der Waals surface area contributed by atoms with E-state index in [4.69, 9.17) is 27.9 Å². The Morgan fingerprint density at radius 2 is 2.11 bits per heavy atom. The quantitative estimate of drug-likeness (QED) is 0.173. The molecule has 1 aromatic carbocycles. The molecule has 0 saturated carbocycles. The van der Waals surface area contributed by atoms with E-state index < -0.39 is 30.6 Å². The molecule has 0 radical (unpaired) electrons. The molecule has 1 saturated heterocycles. The highest BCUT2D eigenvalue weighted by Crippen LogP contribution is 2.42. The van der Waals surface area contributed by atoms with Crippen LogP contribution in [0.2, 0.25) is 10.0 Å². The van der Waals surface area contributed by atoms with Gasteiger partial charge in [0, 0.05) is 10.6 Å². The second-order valence-electron chi connectivity index (χ2n) is 5.77. The molecule has 8 nitrogen and oxygen atoms in total. The smallest absolute Gasteiger partial charge is 0.430 e. The van der Waals surface area contributed by atoms with Gasteiger partial charge in [-0.05, 0) is 24.6 Å². The van der Waals surface area contributed by atoms with Crippen molar-refractivity contribution in [3.05, 3.63) is 38.5 Å². The van der Waals surface area contributed by atoms with Crippen LogP contribution in [0.25, 0.3) is 6.08 Å². The molecule has 152 valence electrons. The van der Waals surface area contributed by atoms with E-state index in [-0.39, 0.29) is 26.3 Å². The molecule has 2 heterocycles. The zero-order chi connectivity index (χ0) is 20.5. The number of hydrogen-bond donors (Lipinski definition) is 0. The summed E-state index contributed by atoms with van der Waals surface area (Å²) in [5.74, 6) is -1.62. The van der Waals surface area contributed by atoms with Crippen molar-refractivity contribution >= 4 is 35.2 Å². The Labute approximate surface area is 166 Å². The molecule has 0 bridgehead atoms. The minimum absolute atomic E-state index is 0.0825. The van der Waals surface area contributed by atoms with Crippen LogP contribution in [0, 0.1) is 5.21 Å². The molecule has 0 aromatic heterocycles. The van der Waals surface area contributed by atoms with Gasteiger partial charge in [-0.25, -0.2) is 4.79 Å². The second kappa shape index (κ2) is 7.92. The first-order valence-corrected chi connectivity index (χ1v) is 8.58. The highest BCUT2D eigenvalue weighted by molar-refractivity contribution is 6.36. The van der Waals surface area contributed by atoms with Crippen molar-refractivity contribution in [2.24, 2.45) is 5.28 Å². The number of fused-ring (bicyclic) bond motifs is 1. The predicted octanol–water partition coefficient (Wildman–Crippen LogP) is 3.72. The maximum Gasteiger partial charge on any atom is 0.430 e. The molecule has 1 atom stereocenters. The van der Waals surface area contributed by atoms with E-state index in [1.165, 1.54) is 17.1 Å². The summed E-state index contributed by atoms with van der Waals surface area (Å²) in [5.41, 5.74) is -0.747. The van der Waals surface area contributed by atoms with E-state index in [0.717, 1.165) is 12.5 Å². The van der Waals surface area contributed by atoms with E-state index in [0.29, 0.717) is 13.1 Å². The summed E-state index contributed by atoms with van der Waals surface area (Å²) in [6.07, 6.45) is -5.76. The largest absolute Gasteiger partial charge is 0.569 e. The van der Waals surface area contributed by atoms with E-state index in [2.05, 4.69) is 14.9 Å². The van der Waals surface area contributed by atoms with Crippen molar-refractivity contribution in [1.29, 1.82) is 0 Å². The molecule has 2 aliphatic heterocycles. The van der Waals surface area contributed by atoms with Gasteiger partial charge in [-0.15, -0.1) is 5.01 Å². The second-order valence-corrected chi connectivity index (χ2v) is 6.61. The van der Waals surface area contributed by atoms with Gasteiger partial charge < -0.3 is 19.5 Å². The van der Waals surface area contributed by atoms with Crippen LogP contribution in [-0.4, -0.2) is 48.1 Å². The van der Waals surface area contributed by atoms with Crippen LogP contribution in [0.15, 0.2) is 23.0 Å². The minimum Gasteiger partial charge on any atom is -0.569 e. The Kier molecular flexibility index (Phi) is 5.75. The molecule has 28 heavy (non-hydrogen) atoms. The summed E-state index contributed by atoms with van der Waals surface area (Å²) < 4.78 is 49.5. The first kappa shape index (κ1) is 20.3. The van der Waals surface area contributed by atoms with Gasteiger partial charge in [0.15, 0.2) is 0 Å². The van der Waals surface area contributed by atoms with E-state index >= 15 is 0 Å². The van der Waals surface area contributed by atoms with Crippen LogP contribution in [0.4, 0.5) is 13.2 Å². The molecular formula is C15H12Cl2F3N3O5. The van der Waals surface area contributed by atoms with Crippen molar-refractivity contribution in [2.45, 2.75) is 18.7 Å². The molecule has 1 aromatic rings. The number of esters is 1. The van der Waals surface area contributed by atoms with Crippen LogP contribution in [0.1, 0.15) is 12.0 Å². The molecule has 2 aliphatic rings. The first-order chi connectivity index (χ1) is 13.2. The van der Waals surface area contributed by atoms with Gasteiger partial charge in [0.1, 0.15) is 5.75 Å². The third kappa shape index (κ3) is 4.36. The van der Waals surface area contributed by atoms with Crippen molar-refractivity contribution in [3.8, 4) is 5.75 Å². The van der Waals surface area contributed by atoms with Crippen LogP contribution < -0.4 is 4.74 Å². The SMILES string of the molecule is O=C(OCON=[N+]([O-])N1CCC1)C1=Cc2cc(Cl)cc(Cl)c2OC1C(F)(F)F. The summed E-state index contributed by atoms with van der Waals surface area (Å²) in [6.45, 7) is 0.132. The fourth-order valence-electron chi connectivity index (χ4n) is 2.40. The maximum absolute atomic E-state index is 13.3. The zero-order valence-electron chi connectivity index (χ0n) is 13.9. The van der Waals surface area contributed by atoms with Crippen molar-refractivity contribution in [2.75, 3.05) is 19.9 Å². The number of carbonyl (C=O) groups is 1. The first-order valence-electron chi connectivity index (χ1n) is 7.83. The van der Waals surface area contributed by atoms with Gasteiger partial charge >= 0.3 is 12.1 Å². The third-order valence-electron chi connectivity index (χ3n) is 3.84. The summed E-state index contributed by atoms with van der Waals surface area (Å²) in [5, 5.41) is 15.8. The number of ether oxygens (including phenoxy) is 2. The lowest BCUT2D eigenvalue weighted by Gasteiger charge is -2.28. The number of alkyl halides is 3. The Balaban J connectivity index is 1.74. The van der Waals surface area contributed by atoms with Gasteiger partial charge in [-0.1, -0.05) is 23.2 Å². The average Bonchev–Trinajstić information content (AvgIpc) is 2.54. The van der Waals surface area contributed by atoms with Crippen molar-refractivity contribution < 1.29 is 37.2 Å². The van der Waals surface area contributed by atoms with Gasteiger partial charge in [0.2, 0.25) is 11.4 Å². The van der Waals surface area contributed by atoms with Crippen LogP contribution in [-0.2, 0) is 14.4 Å². The minimum atomic E-state index is -4.92. The number of carbonyl (C=O) groups excluding carboxylic acids is 1. The standard InChI is InChI=1S/C15H12Cl2F3N3O5/c16-9-4-8-5-10(13(15(18,19)20)28-12(8)11(17)6-9)14(24)26-7-27-21-23(25)22-2-1-3-22/h4-6,13H,1-3,7H2. The summed E-state index contributed by atoms with van der Waals surface area (Å²) in [7, 11) is 0. The molecule has 13 heteroatoms. The van der Waals surface area contributed by atoms with Gasteiger partial charge in [-0.3, -0.25) is 0 Å². The number of hydrazine groups is 1. The Hall–Kier alpha value is -2.40. The fraction of sp³-hybridized carbons (Fsp3) is 0.400. The van der Waals surface area contributed by atoms with Crippen LogP contribution in [0.3, 0.4) is 0 Å². The maximum atomic E-state index is 13.3. The molecule has 0 spiro atoms. The summed E-state index contributed by atoms with van der Waals surface area (Å²) in [4.78, 5) is 16.8. The normalized spacial score (nSPS) is 19.2. The van der Waals surface area contributed by atoms with Gasteiger partial charge in [-0.2, -0.15) is 13.2 Å². The average molecular weight is 442 g/mol. The summed E-state index contributed by atoms with van der Waals surface area (Å²) >= 11 is 11.7. The number of halogens is 5. The number of nitrogens with zero attached hydrogens (tertiary/aromatic N) is 3. The predicted molar refractivity (Wildman–Crippen MR) is 89.2 cm³/mol. The Morgan fingerprint density at radius 3 is 2.71 bits per heavy atom. The lowest BCUT2D eigenvalue weighted by atomic mass is 10.0. The zero-order valence-corrected chi connectivity index (χ0v) is 15.4. The monoisotopic (exact) mass is 441 g/mol. The molecule has 3 rings (SSSR count). The highest BCUT2D eigenvalue weighted by Gasteiger charge is 2.49. The number of hydrogen-bond acceptors (Lipinski definition) is 6. The molecular weight excluding hydrogens is 430 g/mol. The number of benzene rings is 1. The van der Waals surface area contributed by atoms with Gasteiger partial charge in [0.05, 0.1) is 28.7 Å². The Morgan fingerprint density at radius 1 is 1.39 bits per heavy atom. The topological polar surface area (TPSA) is 86.4 Å². The highest BCUT2D eigenvalue weighted by atomic mass is 35.5. The Bertz CT molecular complexity index is 843. The third-order valence-corrected chi connectivity index (χ3v) is 4.34. The van der Waals surface area contributed by atoms with E-state index in [1.54, 1.807) is 0 Å². The van der Waals surface area contributed by atoms with Gasteiger partial charge in [0.25, 0.3) is 6.79 Å². The lowest BCUT2D eigenvalue weighted by molar-refractivity contribution is -0.723. The summed E-state index contributed by atoms with van der Waals surface area (Å²) in [6, 6.07) is 2.51. The van der Waals surface area contributed by atoms with Crippen molar-refractivity contribution in [3.63, 3.8) is 0 Å².